The third-order valence-electron chi connectivity index (χ3n) is 3.99. The maximum absolute atomic E-state index is 12.2. The minimum Gasteiger partial charge on any atom is -0.465 e. The molecule has 26 heavy (non-hydrogen) atoms. The van der Waals surface area contributed by atoms with Crippen LogP contribution in [0, 0.1) is 6.92 Å². The summed E-state index contributed by atoms with van der Waals surface area (Å²) in [5, 5.41) is 0. The van der Waals surface area contributed by atoms with Crippen molar-refractivity contribution in [1.29, 1.82) is 0 Å². The van der Waals surface area contributed by atoms with E-state index in [1.54, 1.807) is 12.1 Å². The quantitative estimate of drug-likeness (QED) is 0.509. The van der Waals surface area contributed by atoms with Crippen molar-refractivity contribution in [3.8, 4) is 16.9 Å². The lowest BCUT2D eigenvalue weighted by molar-refractivity contribution is 0.0599. The molecule has 0 aromatic heterocycles. The Morgan fingerprint density at radius 1 is 0.654 bits per heavy atom. The number of rotatable bonds is 4. The van der Waals surface area contributed by atoms with Crippen molar-refractivity contribution in [1.82, 2.24) is 0 Å². The summed E-state index contributed by atoms with van der Waals surface area (Å²) in [4.78, 5) is 23.6. The minimum absolute atomic E-state index is 0.361. The van der Waals surface area contributed by atoms with E-state index in [0.29, 0.717) is 16.9 Å². The highest BCUT2D eigenvalue weighted by Crippen LogP contribution is 2.23. The summed E-state index contributed by atoms with van der Waals surface area (Å²) >= 11 is 0. The molecule has 0 spiro atoms. The number of methoxy groups -OCH3 is 1. The normalized spacial score (nSPS) is 10.2. The third kappa shape index (κ3) is 3.98. The fourth-order valence-corrected chi connectivity index (χ4v) is 2.49. The Balaban J connectivity index is 1.69. The van der Waals surface area contributed by atoms with Gasteiger partial charge in [0.15, 0.2) is 0 Å². The zero-order chi connectivity index (χ0) is 18.5. The highest BCUT2D eigenvalue weighted by molar-refractivity contribution is 5.94. The van der Waals surface area contributed by atoms with Gasteiger partial charge in [0.05, 0.1) is 18.2 Å². The van der Waals surface area contributed by atoms with Gasteiger partial charge in [0.1, 0.15) is 5.75 Å². The van der Waals surface area contributed by atoms with E-state index in [0.717, 1.165) is 11.1 Å². The lowest BCUT2D eigenvalue weighted by atomic mass is 10.0. The van der Waals surface area contributed by atoms with E-state index < -0.39 is 11.9 Å². The standard InChI is InChI=1S/C22H18O4/c1-15-3-5-16(6-4-15)17-11-13-20(14-12-17)26-22(24)19-9-7-18(8-10-19)21(23)25-2/h3-14H,1-2H3. The monoisotopic (exact) mass is 346 g/mol. The first-order valence-corrected chi connectivity index (χ1v) is 8.14. The summed E-state index contributed by atoms with van der Waals surface area (Å²) < 4.78 is 10.0. The zero-order valence-corrected chi connectivity index (χ0v) is 14.6. The van der Waals surface area contributed by atoms with Gasteiger partial charge < -0.3 is 9.47 Å². The second-order valence-electron chi connectivity index (χ2n) is 5.85. The van der Waals surface area contributed by atoms with Gasteiger partial charge in [0.25, 0.3) is 0 Å². The van der Waals surface area contributed by atoms with Gasteiger partial charge >= 0.3 is 11.9 Å². The van der Waals surface area contributed by atoms with Crippen LogP contribution in [0.2, 0.25) is 0 Å². The average Bonchev–Trinajstić information content (AvgIpc) is 2.69. The van der Waals surface area contributed by atoms with Crippen LogP contribution in [0.3, 0.4) is 0 Å². The minimum atomic E-state index is -0.482. The molecule has 0 aliphatic rings. The van der Waals surface area contributed by atoms with Crippen molar-refractivity contribution in [3.63, 3.8) is 0 Å². The van der Waals surface area contributed by atoms with Crippen LogP contribution in [0.4, 0.5) is 0 Å². The van der Waals surface area contributed by atoms with E-state index >= 15 is 0 Å². The van der Waals surface area contributed by atoms with Crippen molar-refractivity contribution in [2.75, 3.05) is 7.11 Å². The van der Waals surface area contributed by atoms with Gasteiger partial charge in [-0.15, -0.1) is 0 Å². The van der Waals surface area contributed by atoms with Crippen molar-refractivity contribution in [2.45, 2.75) is 6.92 Å². The molecule has 0 N–H and O–H groups in total. The predicted octanol–water partition coefficient (Wildman–Crippen LogP) is 4.67. The number of carbonyl (C=O) groups is 2. The maximum atomic E-state index is 12.2. The van der Waals surface area contributed by atoms with Gasteiger partial charge in [0.2, 0.25) is 0 Å². The summed E-state index contributed by atoms with van der Waals surface area (Å²) in [6.45, 7) is 2.05. The van der Waals surface area contributed by atoms with Gasteiger partial charge in [-0.05, 0) is 54.4 Å². The van der Waals surface area contributed by atoms with Crippen molar-refractivity contribution in [3.05, 3.63) is 89.5 Å². The van der Waals surface area contributed by atoms with Crippen molar-refractivity contribution >= 4 is 11.9 Å². The molecule has 0 radical (unpaired) electrons. The largest absolute Gasteiger partial charge is 0.465 e. The number of hydrogen-bond donors (Lipinski definition) is 0. The summed E-state index contributed by atoms with van der Waals surface area (Å²) in [5.41, 5.74) is 4.10. The molecule has 0 saturated heterocycles. The molecule has 0 fully saturated rings. The maximum Gasteiger partial charge on any atom is 0.343 e. The first-order valence-electron chi connectivity index (χ1n) is 8.14. The number of ether oxygens (including phenoxy) is 2. The molecule has 0 amide bonds. The van der Waals surface area contributed by atoms with E-state index in [9.17, 15) is 9.59 Å². The van der Waals surface area contributed by atoms with E-state index in [-0.39, 0.29) is 0 Å². The Morgan fingerprint density at radius 2 is 1.12 bits per heavy atom. The van der Waals surface area contributed by atoms with E-state index in [4.69, 9.17) is 4.74 Å². The summed E-state index contributed by atoms with van der Waals surface area (Å²) in [5.74, 6) is -0.469. The molecule has 3 aromatic rings. The smallest absolute Gasteiger partial charge is 0.343 e. The lowest BCUT2D eigenvalue weighted by Gasteiger charge is -2.07. The summed E-state index contributed by atoms with van der Waals surface area (Å²) in [6, 6.07) is 21.7. The molecule has 4 nitrogen and oxygen atoms in total. The second kappa shape index (κ2) is 7.66. The molecule has 130 valence electrons. The first kappa shape index (κ1) is 17.4. The predicted molar refractivity (Wildman–Crippen MR) is 99.4 cm³/mol. The van der Waals surface area contributed by atoms with Crippen molar-refractivity contribution in [2.24, 2.45) is 0 Å². The average molecular weight is 346 g/mol. The fourth-order valence-electron chi connectivity index (χ4n) is 2.49. The van der Waals surface area contributed by atoms with E-state index in [1.807, 2.05) is 19.1 Å². The molecular formula is C22H18O4. The highest BCUT2D eigenvalue weighted by atomic mass is 16.5. The molecule has 3 aromatic carbocycles. The number of hydrogen-bond acceptors (Lipinski definition) is 4. The Kier molecular flexibility index (Phi) is 5.13. The van der Waals surface area contributed by atoms with Crippen molar-refractivity contribution < 1.29 is 19.1 Å². The van der Waals surface area contributed by atoms with Crippen LogP contribution in [-0.2, 0) is 4.74 Å². The van der Waals surface area contributed by atoms with Crippen LogP contribution in [0.1, 0.15) is 26.3 Å². The Morgan fingerprint density at radius 3 is 1.62 bits per heavy atom. The second-order valence-corrected chi connectivity index (χ2v) is 5.85. The van der Waals surface area contributed by atoms with Gasteiger partial charge in [0, 0.05) is 0 Å². The molecule has 0 bridgehead atoms. The number of esters is 2. The Hall–Kier alpha value is -3.40. The lowest BCUT2D eigenvalue weighted by Crippen LogP contribution is -2.09. The highest BCUT2D eigenvalue weighted by Gasteiger charge is 2.11. The summed E-state index contributed by atoms with van der Waals surface area (Å²) in [6.07, 6.45) is 0. The van der Waals surface area contributed by atoms with Crippen LogP contribution in [0.15, 0.2) is 72.8 Å². The number of benzene rings is 3. The number of carbonyl (C=O) groups excluding carboxylic acids is 2. The molecule has 0 heterocycles. The van der Waals surface area contributed by atoms with Gasteiger partial charge in [-0.25, -0.2) is 9.59 Å². The SMILES string of the molecule is COC(=O)c1ccc(C(=O)Oc2ccc(-c3ccc(C)cc3)cc2)cc1. The molecule has 0 aliphatic heterocycles. The zero-order valence-electron chi connectivity index (χ0n) is 14.6. The van der Waals surface area contributed by atoms with Crippen LogP contribution >= 0.6 is 0 Å². The molecule has 3 rings (SSSR count). The van der Waals surface area contributed by atoms with Crippen LogP contribution in [0.5, 0.6) is 5.75 Å². The Labute approximate surface area is 152 Å². The molecule has 0 atom stereocenters. The molecule has 0 saturated carbocycles. The number of aryl methyl sites for hydroxylation is 1. The topological polar surface area (TPSA) is 52.6 Å². The first-order chi connectivity index (χ1) is 12.6. The van der Waals surface area contributed by atoms with Gasteiger partial charge in [-0.1, -0.05) is 42.0 Å². The molecular weight excluding hydrogens is 328 g/mol. The molecule has 0 aliphatic carbocycles. The summed E-state index contributed by atoms with van der Waals surface area (Å²) in [7, 11) is 1.31. The van der Waals surface area contributed by atoms with Gasteiger partial charge in [-0.3, -0.25) is 0 Å². The Bertz CT molecular complexity index is 908. The molecule has 0 unspecified atom stereocenters. The van der Waals surface area contributed by atoms with Crippen LogP contribution < -0.4 is 4.74 Å². The van der Waals surface area contributed by atoms with Crippen LogP contribution in [-0.4, -0.2) is 19.0 Å². The van der Waals surface area contributed by atoms with E-state index in [2.05, 4.69) is 29.0 Å². The van der Waals surface area contributed by atoms with E-state index in [1.165, 1.54) is 36.9 Å². The van der Waals surface area contributed by atoms with Crippen LogP contribution in [0.25, 0.3) is 11.1 Å². The van der Waals surface area contributed by atoms with Gasteiger partial charge in [-0.2, -0.15) is 0 Å². The fraction of sp³-hybridized carbons (Fsp3) is 0.0909. The molecule has 4 heteroatoms. The third-order valence-corrected chi connectivity index (χ3v) is 3.99.